The van der Waals surface area contributed by atoms with Crippen LogP contribution in [0.1, 0.15) is 20.3 Å². The van der Waals surface area contributed by atoms with E-state index >= 15 is 0 Å². The molecule has 8 heteroatoms. The van der Waals surface area contributed by atoms with E-state index in [2.05, 4.69) is 19.7 Å². The van der Waals surface area contributed by atoms with Gasteiger partial charge in [0.2, 0.25) is 5.89 Å². The summed E-state index contributed by atoms with van der Waals surface area (Å²) in [6, 6.07) is 9.26. The first-order valence-electron chi connectivity index (χ1n) is 8.75. The number of nitrogens with one attached hydrogen (secondary N) is 1. The maximum Gasteiger partial charge on any atom is 0.247 e. The first kappa shape index (κ1) is 19.8. The fraction of sp³-hybridized carbons (Fsp3) is 0.250. The van der Waals surface area contributed by atoms with Gasteiger partial charge in [-0.15, -0.1) is 0 Å². The molecule has 28 heavy (non-hydrogen) atoms. The smallest absolute Gasteiger partial charge is 0.247 e. The van der Waals surface area contributed by atoms with Crippen molar-refractivity contribution in [2.75, 3.05) is 18.9 Å². The number of methoxy groups -OCH3 is 2. The second-order valence-electron chi connectivity index (χ2n) is 5.76. The van der Waals surface area contributed by atoms with E-state index in [1.54, 1.807) is 20.4 Å². The van der Waals surface area contributed by atoms with Crippen molar-refractivity contribution in [3.8, 4) is 11.6 Å². The normalized spacial score (nSPS) is 12.6. The van der Waals surface area contributed by atoms with Crippen LogP contribution in [0.3, 0.4) is 0 Å². The summed E-state index contributed by atoms with van der Waals surface area (Å²) in [7, 11) is 3.27. The zero-order valence-corrected chi connectivity index (χ0v) is 17.0. The maximum absolute atomic E-state index is 5.73. The van der Waals surface area contributed by atoms with Crippen molar-refractivity contribution in [1.29, 1.82) is 0 Å². The fourth-order valence-electron chi connectivity index (χ4n) is 2.51. The van der Waals surface area contributed by atoms with Crippen molar-refractivity contribution >= 4 is 29.0 Å². The van der Waals surface area contributed by atoms with Crippen LogP contribution >= 0.6 is 11.9 Å². The number of hydrogen-bond acceptors (Lipinski definition) is 8. The van der Waals surface area contributed by atoms with Crippen LogP contribution in [0.4, 0.5) is 5.82 Å². The molecule has 3 aromatic heterocycles. The van der Waals surface area contributed by atoms with Gasteiger partial charge in [0.1, 0.15) is 17.3 Å². The Morgan fingerprint density at radius 3 is 2.75 bits per heavy atom. The third-order valence-corrected chi connectivity index (χ3v) is 4.60. The molecule has 0 aliphatic carbocycles. The Balaban J connectivity index is 1.74. The highest BCUT2D eigenvalue weighted by molar-refractivity contribution is 8.04. The van der Waals surface area contributed by atoms with Crippen molar-refractivity contribution < 1.29 is 13.9 Å². The van der Waals surface area contributed by atoms with E-state index in [1.165, 1.54) is 11.9 Å². The molecule has 7 nitrogen and oxygen atoms in total. The lowest BCUT2D eigenvalue weighted by molar-refractivity contribution is 0.223. The number of oxazole rings is 1. The van der Waals surface area contributed by atoms with Crippen molar-refractivity contribution in [3.05, 3.63) is 59.0 Å². The minimum atomic E-state index is 0.437. The number of hydrogen-bond donors (Lipinski definition) is 1. The summed E-state index contributed by atoms with van der Waals surface area (Å²) in [5.41, 5.74) is 1.83. The van der Waals surface area contributed by atoms with Crippen molar-refractivity contribution in [3.63, 3.8) is 0 Å². The minimum Gasteiger partial charge on any atom is -0.497 e. The molecule has 0 spiro atoms. The van der Waals surface area contributed by atoms with Crippen LogP contribution in [0.2, 0.25) is 0 Å². The van der Waals surface area contributed by atoms with E-state index in [0.29, 0.717) is 34.4 Å². The molecule has 0 bridgehead atoms. The third kappa shape index (κ3) is 4.64. The van der Waals surface area contributed by atoms with Crippen LogP contribution in [0.25, 0.3) is 22.8 Å². The molecule has 3 rings (SSSR count). The van der Waals surface area contributed by atoms with Crippen LogP contribution in [0.5, 0.6) is 0 Å². The average Bonchev–Trinajstić information content (AvgIpc) is 3.17. The molecule has 146 valence electrons. The Kier molecular flexibility index (Phi) is 6.54. The molecule has 0 saturated heterocycles. The molecule has 0 fully saturated rings. The van der Waals surface area contributed by atoms with E-state index in [-0.39, 0.29) is 0 Å². The van der Waals surface area contributed by atoms with Gasteiger partial charge in [-0.1, -0.05) is 13.0 Å². The SMILES string of the molecule is CC/C(OC)=C(\C=C(/C)SNc1cccc(-c2nc3ncccc3o2)n1)OC. The summed E-state index contributed by atoms with van der Waals surface area (Å²) in [5, 5.41) is 0. The standard InChI is InChI=1S/C20H22N4O3S/c1-5-15(25-3)17(26-4)12-13(2)28-24-18-10-6-8-14(22-18)20-23-19-16(27-20)9-7-11-21-19/h6-12H,5H2,1-4H3,(H,22,24)/b13-12+,17-15-. The molecule has 0 radical (unpaired) electrons. The highest BCUT2D eigenvalue weighted by Crippen LogP contribution is 2.25. The number of ether oxygens (including phenoxy) is 2. The fourth-order valence-corrected chi connectivity index (χ4v) is 3.05. The Morgan fingerprint density at radius 1 is 1.18 bits per heavy atom. The van der Waals surface area contributed by atoms with Gasteiger partial charge in [0, 0.05) is 17.5 Å². The summed E-state index contributed by atoms with van der Waals surface area (Å²) < 4.78 is 19.7. The first-order chi connectivity index (χ1) is 13.6. The van der Waals surface area contributed by atoms with Crippen LogP contribution in [-0.4, -0.2) is 29.2 Å². The van der Waals surface area contributed by atoms with Crippen LogP contribution < -0.4 is 4.72 Å². The molecular formula is C20H22N4O3S. The molecule has 3 heterocycles. The van der Waals surface area contributed by atoms with E-state index < -0.39 is 0 Å². The Bertz CT molecular complexity index is 974. The Labute approximate surface area is 168 Å². The van der Waals surface area contributed by atoms with Gasteiger partial charge in [0.25, 0.3) is 0 Å². The summed E-state index contributed by atoms with van der Waals surface area (Å²) >= 11 is 1.44. The van der Waals surface area contributed by atoms with E-state index in [0.717, 1.165) is 17.1 Å². The van der Waals surface area contributed by atoms with E-state index in [9.17, 15) is 0 Å². The van der Waals surface area contributed by atoms with E-state index in [4.69, 9.17) is 13.9 Å². The molecule has 0 atom stereocenters. The van der Waals surface area contributed by atoms with Gasteiger partial charge in [-0.25, -0.2) is 9.97 Å². The molecule has 3 aromatic rings. The highest BCUT2D eigenvalue weighted by Gasteiger charge is 2.11. The largest absolute Gasteiger partial charge is 0.497 e. The number of aromatic nitrogens is 3. The molecule has 0 saturated carbocycles. The quantitative estimate of drug-likeness (QED) is 0.316. The summed E-state index contributed by atoms with van der Waals surface area (Å²) in [5.74, 6) is 2.63. The summed E-state index contributed by atoms with van der Waals surface area (Å²) in [4.78, 5) is 14.1. The van der Waals surface area contributed by atoms with Crippen molar-refractivity contribution in [2.45, 2.75) is 20.3 Å². The zero-order valence-electron chi connectivity index (χ0n) is 16.2. The summed E-state index contributed by atoms with van der Waals surface area (Å²) in [6.07, 6.45) is 4.36. The second kappa shape index (κ2) is 9.27. The molecule has 0 amide bonds. The lowest BCUT2D eigenvalue weighted by Crippen LogP contribution is -1.96. The van der Waals surface area contributed by atoms with Gasteiger partial charge in [0.05, 0.1) is 14.2 Å². The van der Waals surface area contributed by atoms with Gasteiger partial charge >= 0.3 is 0 Å². The van der Waals surface area contributed by atoms with Gasteiger partial charge < -0.3 is 18.6 Å². The first-order valence-corrected chi connectivity index (χ1v) is 9.57. The molecule has 1 N–H and O–H groups in total. The number of fused-ring (bicyclic) bond motifs is 1. The molecule has 0 aliphatic heterocycles. The number of anilines is 1. The zero-order chi connectivity index (χ0) is 19.9. The maximum atomic E-state index is 5.73. The number of pyridine rings is 2. The Hall–Kier alpha value is -3.00. The minimum absolute atomic E-state index is 0.437. The third-order valence-electron chi connectivity index (χ3n) is 3.85. The van der Waals surface area contributed by atoms with Crippen LogP contribution in [0, 0.1) is 0 Å². The monoisotopic (exact) mass is 398 g/mol. The average molecular weight is 398 g/mol. The van der Waals surface area contributed by atoms with Gasteiger partial charge in [-0.3, -0.25) is 0 Å². The number of rotatable bonds is 8. The van der Waals surface area contributed by atoms with Gasteiger partial charge in [-0.2, -0.15) is 4.98 Å². The summed E-state index contributed by atoms with van der Waals surface area (Å²) in [6.45, 7) is 4.00. The second-order valence-corrected chi connectivity index (χ2v) is 6.81. The van der Waals surface area contributed by atoms with Crippen LogP contribution in [0.15, 0.2) is 63.4 Å². The highest BCUT2D eigenvalue weighted by atomic mass is 32.2. The topological polar surface area (TPSA) is 82.3 Å². The predicted molar refractivity (Wildman–Crippen MR) is 111 cm³/mol. The van der Waals surface area contributed by atoms with Crippen LogP contribution in [-0.2, 0) is 9.47 Å². The molecule has 0 aliphatic rings. The molecular weight excluding hydrogens is 376 g/mol. The lowest BCUT2D eigenvalue weighted by Gasteiger charge is -2.10. The molecule has 0 aromatic carbocycles. The van der Waals surface area contributed by atoms with E-state index in [1.807, 2.05) is 50.3 Å². The number of allylic oxidation sites excluding steroid dienone is 3. The van der Waals surface area contributed by atoms with Crippen molar-refractivity contribution in [2.24, 2.45) is 0 Å². The van der Waals surface area contributed by atoms with Crippen molar-refractivity contribution in [1.82, 2.24) is 15.0 Å². The number of nitrogens with zero attached hydrogens (tertiary/aromatic N) is 3. The lowest BCUT2D eigenvalue weighted by atomic mass is 10.3. The van der Waals surface area contributed by atoms with Gasteiger partial charge in [0.15, 0.2) is 17.0 Å². The Morgan fingerprint density at radius 2 is 2.04 bits per heavy atom. The van der Waals surface area contributed by atoms with Gasteiger partial charge in [-0.05, 0) is 49.2 Å². The molecule has 0 unspecified atom stereocenters. The predicted octanol–water partition coefficient (Wildman–Crippen LogP) is 5.16.